The number of hydrogen-bond donors (Lipinski definition) is 1. The summed E-state index contributed by atoms with van der Waals surface area (Å²) in [6, 6.07) is 4.16. The molecule has 0 unspecified atom stereocenters. The van der Waals surface area contributed by atoms with E-state index in [1.165, 1.54) is 12.1 Å². The van der Waals surface area contributed by atoms with Gasteiger partial charge in [0, 0.05) is 6.04 Å². The summed E-state index contributed by atoms with van der Waals surface area (Å²) < 4.78 is 78.4. The highest BCUT2D eigenvalue weighted by Crippen LogP contribution is 2.44. The van der Waals surface area contributed by atoms with Crippen molar-refractivity contribution in [3.8, 4) is 0 Å². The molecular weight excluding hydrogens is 384 g/mol. The van der Waals surface area contributed by atoms with Crippen molar-refractivity contribution in [1.29, 1.82) is 0 Å². The Morgan fingerprint density at radius 1 is 1.00 bits per heavy atom. The first-order valence-electron chi connectivity index (χ1n) is 9.58. The standard InChI is InChI=1S/C20H23F6NO/c21-19(22,23)14-6-3-5-13(11-14)18(9-1-2-10-18)17(28)27-16-8-4-7-15(12-16)20(24,25)26/h3,5-6,11,15-16H,1-2,4,7-10,12H2,(H,27,28)/t15-,16-/m0/s1. The van der Waals surface area contributed by atoms with Crippen molar-refractivity contribution in [3.05, 3.63) is 35.4 Å². The maximum Gasteiger partial charge on any atom is 0.416 e. The fraction of sp³-hybridized carbons (Fsp3) is 0.650. The topological polar surface area (TPSA) is 29.1 Å². The van der Waals surface area contributed by atoms with Gasteiger partial charge in [-0.1, -0.05) is 37.5 Å². The van der Waals surface area contributed by atoms with Gasteiger partial charge in [-0.15, -0.1) is 0 Å². The number of amides is 1. The third-order valence-corrected chi connectivity index (χ3v) is 6.11. The molecule has 0 bridgehead atoms. The number of rotatable bonds is 3. The molecule has 0 heterocycles. The van der Waals surface area contributed by atoms with E-state index in [1.54, 1.807) is 0 Å². The lowest BCUT2D eigenvalue weighted by molar-refractivity contribution is -0.184. The number of carbonyl (C=O) groups is 1. The molecule has 156 valence electrons. The Kier molecular flexibility index (Phi) is 5.69. The first kappa shape index (κ1) is 21.0. The minimum Gasteiger partial charge on any atom is -0.353 e. The van der Waals surface area contributed by atoms with Crippen LogP contribution in [0.4, 0.5) is 26.3 Å². The van der Waals surface area contributed by atoms with Crippen LogP contribution in [0.25, 0.3) is 0 Å². The van der Waals surface area contributed by atoms with E-state index < -0.39 is 41.2 Å². The normalized spacial score (nSPS) is 25.5. The van der Waals surface area contributed by atoms with Crippen LogP contribution < -0.4 is 5.32 Å². The van der Waals surface area contributed by atoms with Gasteiger partial charge in [0.25, 0.3) is 0 Å². The molecule has 2 atom stereocenters. The lowest BCUT2D eigenvalue weighted by atomic mass is 9.76. The van der Waals surface area contributed by atoms with Crippen molar-refractivity contribution < 1.29 is 31.1 Å². The fourth-order valence-corrected chi connectivity index (χ4v) is 4.56. The van der Waals surface area contributed by atoms with E-state index in [2.05, 4.69) is 5.32 Å². The summed E-state index contributed by atoms with van der Waals surface area (Å²) in [5, 5.41) is 2.74. The smallest absolute Gasteiger partial charge is 0.353 e. The van der Waals surface area contributed by atoms with Gasteiger partial charge in [0.15, 0.2) is 0 Å². The highest BCUT2D eigenvalue weighted by Gasteiger charge is 2.46. The molecule has 2 aliphatic rings. The predicted octanol–water partition coefficient (Wildman–Crippen LogP) is 5.75. The van der Waals surface area contributed by atoms with Gasteiger partial charge in [-0.05, 0) is 43.7 Å². The molecule has 0 aliphatic heterocycles. The van der Waals surface area contributed by atoms with Gasteiger partial charge in [0.1, 0.15) is 0 Å². The fourth-order valence-electron chi connectivity index (χ4n) is 4.56. The molecule has 2 nitrogen and oxygen atoms in total. The SMILES string of the molecule is O=C(N[C@H]1CCC[C@H](C(F)(F)F)C1)C1(c2cccc(C(F)(F)F)c2)CCCC1. The Morgan fingerprint density at radius 2 is 1.68 bits per heavy atom. The maximum atomic E-state index is 13.1. The zero-order chi connectivity index (χ0) is 20.6. The van der Waals surface area contributed by atoms with Gasteiger partial charge < -0.3 is 5.32 Å². The van der Waals surface area contributed by atoms with Crippen LogP contribution in [-0.2, 0) is 16.4 Å². The number of alkyl halides is 6. The second-order valence-corrected chi connectivity index (χ2v) is 7.94. The molecule has 2 saturated carbocycles. The van der Waals surface area contributed by atoms with Crippen molar-refractivity contribution in [2.45, 2.75) is 75.2 Å². The van der Waals surface area contributed by atoms with Gasteiger partial charge in [-0.3, -0.25) is 4.79 Å². The average molecular weight is 407 g/mol. The third kappa shape index (κ3) is 4.30. The Morgan fingerprint density at radius 3 is 2.29 bits per heavy atom. The van der Waals surface area contributed by atoms with Gasteiger partial charge in [-0.2, -0.15) is 26.3 Å². The van der Waals surface area contributed by atoms with E-state index >= 15 is 0 Å². The molecule has 0 aromatic heterocycles. The molecule has 28 heavy (non-hydrogen) atoms. The monoisotopic (exact) mass is 407 g/mol. The first-order valence-corrected chi connectivity index (χ1v) is 9.58. The molecule has 3 rings (SSSR count). The predicted molar refractivity (Wildman–Crippen MR) is 91.5 cm³/mol. The lowest BCUT2D eigenvalue weighted by Crippen LogP contribution is -2.49. The van der Waals surface area contributed by atoms with Crippen LogP contribution in [0.5, 0.6) is 0 Å². The summed E-state index contributed by atoms with van der Waals surface area (Å²) in [6.45, 7) is 0. The zero-order valence-corrected chi connectivity index (χ0v) is 15.3. The molecule has 8 heteroatoms. The third-order valence-electron chi connectivity index (χ3n) is 6.11. The molecule has 0 spiro atoms. The number of benzene rings is 1. The van der Waals surface area contributed by atoms with Crippen molar-refractivity contribution in [2.24, 2.45) is 5.92 Å². The van der Waals surface area contributed by atoms with Crippen LogP contribution in [0.3, 0.4) is 0 Å². The van der Waals surface area contributed by atoms with Crippen LogP contribution >= 0.6 is 0 Å². The summed E-state index contributed by atoms with van der Waals surface area (Å²) in [5.74, 6) is -1.89. The van der Waals surface area contributed by atoms with E-state index in [0.717, 1.165) is 12.1 Å². The molecule has 1 N–H and O–H groups in total. The molecule has 2 aliphatic carbocycles. The number of halogens is 6. The molecule has 1 amide bonds. The maximum absolute atomic E-state index is 13.1. The Bertz CT molecular complexity index is 705. The highest BCUT2D eigenvalue weighted by atomic mass is 19.4. The van der Waals surface area contributed by atoms with E-state index in [0.29, 0.717) is 44.1 Å². The Balaban J connectivity index is 1.81. The van der Waals surface area contributed by atoms with Crippen molar-refractivity contribution in [3.63, 3.8) is 0 Å². The van der Waals surface area contributed by atoms with Crippen molar-refractivity contribution in [1.82, 2.24) is 5.32 Å². The summed E-state index contributed by atoms with van der Waals surface area (Å²) in [5.41, 5.74) is -1.63. The minimum atomic E-state index is -4.52. The summed E-state index contributed by atoms with van der Waals surface area (Å²) in [7, 11) is 0. The molecule has 0 radical (unpaired) electrons. The van der Waals surface area contributed by atoms with E-state index in [1.807, 2.05) is 0 Å². The molecule has 1 aromatic rings. The highest BCUT2D eigenvalue weighted by molar-refractivity contribution is 5.89. The second kappa shape index (κ2) is 7.59. The Labute approximate surface area is 159 Å². The number of hydrogen-bond acceptors (Lipinski definition) is 1. The summed E-state index contributed by atoms with van der Waals surface area (Å²) in [6.07, 6.45) is -5.93. The van der Waals surface area contributed by atoms with E-state index in [4.69, 9.17) is 0 Å². The minimum absolute atomic E-state index is 0.0502. The van der Waals surface area contributed by atoms with Crippen LogP contribution in [0.2, 0.25) is 0 Å². The number of carbonyl (C=O) groups excluding carboxylic acids is 1. The second-order valence-electron chi connectivity index (χ2n) is 7.94. The number of nitrogens with one attached hydrogen (secondary N) is 1. The van der Waals surface area contributed by atoms with Crippen LogP contribution in [0.15, 0.2) is 24.3 Å². The Hall–Kier alpha value is -1.73. The van der Waals surface area contributed by atoms with Crippen molar-refractivity contribution in [2.75, 3.05) is 0 Å². The van der Waals surface area contributed by atoms with Crippen LogP contribution in [0.1, 0.15) is 62.5 Å². The zero-order valence-electron chi connectivity index (χ0n) is 15.3. The molecular formula is C20H23F6NO. The van der Waals surface area contributed by atoms with E-state index in [-0.39, 0.29) is 12.8 Å². The molecule has 0 saturated heterocycles. The van der Waals surface area contributed by atoms with Crippen LogP contribution in [0, 0.1) is 5.92 Å². The van der Waals surface area contributed by atoms with Gasteiger partial charge in [0.2, 0.25) is 5.91 Å². The quantitative estimate of drug-likeness (QED) is 0.635. The van der Waals surface area contributed by atoms with E-state index in [9.17, 15) is 31.1 Å². The summed E-state index contributed by atoms with van der Waals surface area (Å²) >= 11 is 0. The van der Waals surface area contributed by atoms with Crippen LogP contribution in [-0.4, -0.2) is 18.1 Å². The molecule has 2 fully saturated rings. The average Bonchev–Trinajstić information content (AvgIpc) is 3.12. The molecule has 1 aromatic carbocycles. The van der Waals surface area contributed by atoms with Crippen molar-refractivity contribution >= 4 is 5.91 Å². The van der Waals surface area contributed by atoms with Gasteiger partial charge in [-0.25, -0.2) is 0 Å². The largest absolute Gasteiger partial charge is 0.416 e. The first-order chi connectivity index (χ1) is 13.0. The van der Waals surface area contributed by atoms with Gasteiger partial charge >= 0.3 is 12.4 Å². The van der Waals surface area contributed by atoms with Gasteiger partial charge in [0.05, 0.1) is 16.9 Å². The lowest BCUT2D eigenvalue weighted by Gasteiger charge is -2.35. The summed E-state index contributed by atoms with van der Waals surface area (Å²) in [4.78, 5) is 13.1.